The highest BCUT2D eigenvalue weighted by molar-refractivity contribution is 5.95. The van der Waals surface area contributed by atoms with E-state index in [1.54, 1.807) is 13.3 Å². The molecule has 2 aromatic carbocycles. The number of methoxy groups -OCH3 is 1. The zero-order valence-electron chi connectivity index (χ0n) is 20.4. The Kier molecular flexibility index (Phi) is 5.81. The molecule has 2 fully saturated rings. The number of piperazine rings is 1. The van der Waals surface area contributed by atoms with Crippen molar-refractivity contribution in [1.82, 2.24) is 15.2 Å². The molecule has 35 heavy (non-hydrogen) atoms. The van der Waals surface area contributed by atoms with Crippen molar-refractivity contribution in [1.29, 1.82) is 5.26 Å². The zero-order valence-corrected chi connectivity index (χ0v) is 20.4. The van der Waals surface area contributed by atoms with Crippen molar-refractivity contribution in [2.24, 2.45) is 0 Å². The molecule has 1 aromatic heterocycles. The van der Waals surface area contributed by atoms with E-state index in [4.69, 9.17) is 4.74 Å². The summed E-state index contributed by atoms with van der Waals surface area (Å²) in [6.45, 7) is 7.11. The van der Waals surface area contributed by atoms with Crippen LogP contribution in [0, 0.1) is 11.3 Å². The van der Waals surface area contributed by atoms with Crippen LogP contribution in [-0.4, -0.2) is 61.4 Å². The molecule has 7 heteroatoms. The number of ether oxygens (including phenoxy) is 1. The minimum absolute atomic E-state index is 0.189. The number of hydrogen-bond acceptors (Lipinski definition) is 7. The van der Waals surface area contributed by atoms with Gasteiger partial charge < -0.3 is 20.3 Å². The number of anilines is 2. The van der Waals surface area contributed by atoms with Gasteiger partial charge in [-0.05, 0) is 67.4 Å². The summed E-state index contributed by atoms with van der Waals surface area (Å²) in [5, 5.41) is 17.8. The van der Waals surface area contributed by atoms with Crippen LogP contribution in [0.2, 0.25) is 0 Å². The van der Waals surface area contributed by atoms with Gasteiger partial charge in [0.1, 0.15) is 6.07 Å². The van der Waals surface area contributed by atoms with Crippen LogP contribution < -0.4 is 15.5 Å². The molecule has 0 bridgehead atoms. The molecule has 180 valence electrons. The first-order valence-corrected chi connectivity index (χ1v) is 12.6. The predicted molar refractivity (Wildman–Crippen MR) is 139 cm³/mol. The van der Waals surface area contributed by atoms with E-state index in [1.807, 2.05) is 12.1 Å². The van der Waals surface area contributed by atoms with Crippen molar-refractivity contribution in [3.8, 4) is 6.07 Å². The number of aromatic nitrogens is 1. The van der Waals surface area contributed by atoms with Crippen molar-refractivity contribution in [2.45, 2.75) is 44.1 Å². The molecule has 4 atom stereocenters. The van der Waals surface area contributed by atoms with E-state index in [1.165, 1.54) is 22.5 Å². The molecule has 0 amide bonds. The Morgan fingerprint density at radius 1 is 1.20 bits per heavy atom. The highest BCUT2D eigenvalue weighted by atomic mass is 16.5. The van der Waals surface area contributed by atoms with Gasteiger partial charge in [-0.2, -0.15) is 5.26 Å². The summed E-state index contributed by atoms with van der Waals surface area (Å²) in [6.07, 6.45) is 3.02. The maximum absolute atomic E-state index is 9.54. The molecule has 3 aliphatic rings. The maximum Gasteiger partial charge on any atom is 0.101 e. The zero-order chi connectivity index (χ0) is 23.9. The maximum atomic E-state index is 9.54. The molecule has 0 unspecified atom stereocenters. The van der Waals surface area contributed by atoms with E-state index < -0.39 is 0 Å². The third-order valence-electron chi connectivity index (χ3n) is 7.99. The fourth-order valence-corrected chi connectivity index (χ4v) is 6.19. The summed E-state index contributed by atoms with van der Waals surface area (Å²) >= 11 is 0. The van der Waals surface area contributed by atoms with Gasteiger partial charge in [-0.25, -0.2) is 0 Å². The minimum atomic E-state index is 0.189. The molecule has 3 aromatic rings. The number of benzene rings is 2. The van der Waals surface area contributed by atoms with Crippen molar-refractivity contribution in [3.63, 3.8) is 0 Å². The van der Waals surface area contributed by atoms with E-state index >= 15 is 0 Å². The van der Waals surface area contributed by atoms with E-state index in [9.17, 15) is 5.26 Å². The second-order valence-corrected chi connectivity index (χ2v) is 10.0. The van der Waals surface area contributed by atoms with E-state index in [0.717, 1.165) is 50.0 Å². The van der Waals surface area contributed by atoms with Gasteiger partial charge in [0.05, 0.1) is 29.3 Å². The molecule has 4 heterocycles. The Morgan fingerprint density at radius 2 is 2.11 bits per heavy atom. The predicted octanol–water partition coefficient (Wildman–Crippen LogP) is 3.66. The van der Waals surface area contributed by atoms with Crippen LogP contribution in [-0.2, 0) is 11.3 Å². The summed E-state index contributed by atoms with van der Waals surface area (Å²) in [6, 6.07) is 18.4. The molecule has 6 rings (SSSR count). The van der Waals surface area contributed by atoms with Gasteiger partial charge in [0.15, 0.2) is 0 Å². The first kappa shape index (κ1) is 22.3. The van der Waals surface area contributed by atoms with Gasteiger partial charge in [-0.3, -0.25) is 9.88 Å². The summed E-state index contributed by atoms with van der Waals surface area (Å²) in [7, 11) is 1.80. The Labute approximate surface area is 206 Å². The molecule has 0 radical (unpaired) electrons. The minimum Gasteiger partial charge on any atom is -0.380 e. The lowest BCUT2D eigenvalue weighted by atomic mass is 9.99. The quantitative estimate of drug-likeness (QED) is 0.605. The Hall–Kier alpha value is -3.18. The van der Waals surface area contributed by atoms with E-state index in [2.05, 4.69) is 68.7 Å². The van der Waals surface area contributed by atoms with Gasteiger partial charge in [0.2, 0.25) is 0 Å². The molecular formula is C28H32N6O. The summed E-state index contributed by atoms with van der Waals surface area (Å²) in [5.41, 5.74) is 6.62. The average molecular weight is 469 g/mol. The Balaban J connectivity index is 1.27. The van der Waals surface area contributed by atoms with Gasteiger partial charge in [-0.15, -0.1) is 0 Å². The SMILES string of the molecule is CO[C@H]1CNCC[C@H]1Nc1ccc2c(c1)CN1[C@H](C)CN(c3ccc(C#N)c4ncccc34)C[C@H]21. The van der Waals surface area contributed by atoms with Crippen molar-refractivity contribution >= 4 is 22.3 Å². The van der Waals surface area contributed by atoms with Gasteiger partial charge >= 0.3 is 0 Å². The van der Waals surface area contributed by atoms with Crippen LogP contribution in [0.4, 0.5) is 11.4 Å². The van der Waals surface area contributed by atoms with Crippen LogP contribution in [0.1, 0.15) is 36.1 Å². The first-order valence-electron chi connectivity index (χ1n) is 12.6. The van der Waals surface area contributed by atoms with Crippen molar-refractivity contribution in [3.05, 3.63) is 65.4 Å². The Morgan fingerprint density at radius 3 is 2.97 bits per heavy atom. The topological polar surface area (TPSA) is 76.5 Å². The lowest BCUT2D eigenvalue weighted by molar-refractivity contribution is 0.0707. The van der Waals surface area contributed by atoms with Crippen LogP contribution in [0.3, 0.4) is 0 Å². The largest absolute Gasteiger partial charge is 0.380 e. The van der Waals surface area contributed by atoms with Crippen molar-refractivity contribution < 1.29 is 4.74 Å². The van der Waals surface area contributed by atoms with Crippen LogP contribution in [0.15, 0.2) is 48.7 Å². The van der Waals surface area contributed by atoms with Gasteiger partial charge in [-0.1, -0.05) is 6.07 Å². The average Bonchev–Trinajstić information content (AvgIpc) is 3.27. The fourth-order valence-electron chi connectivity index (χ4n) is 6.19. The van der Waals surface area contributed by atoms with Crippen molar-refractivity contribution in [2.75, 3.05) is 43.5 Å². The molecule has 2 saturated heterocycles. The summed E-state index contributed by atoms with van der Waals surface area (Å²) in [5.74, 6) is 0. The number of pyridine rings is 1. The summed E-state index contributed by atoms with van der Waals surface area (Å²) in [4.78, 5) is 9.64. The molecule has 0 aliphatic carbocycles. The second-order valence-electron chi connectivity index (χ2n) is 10.0. The van der Waals surface area contributed by atoms with Gasteiger partial charge in [0.25, 0.3) is 0 Å². The Bertz CT molecular complexity index is 1290. The number of fused-ring (bicyclic) bond motifs is 4. The molecule has 0 saturated carbocycles. The summed E-state index contributed by atoms with van der Waals surface area (Å²) < 4.78 is 5.70. The lowest BCUT2D eigenvalue weighted by Gasteiger charge is -2.43. The third-order valence-corrected chi connectivity index (χ3v) is 7.99. The van der Waals surface area contributed by atoms with Gasteiger partial charge in [0, 0.05) is 62.3 Å². The number of nitrogens with zero attached hydrogens (tertiary/aromatic N) is 4. The van der Waals surface area contributed by atoms with E-state index in [-0.39, 0.29) is 6.10 Å². The standard InChI is InChI=1S/C28H32N6O/c1-18-15-33(25-8-5-19(13-29)28-23(25)4-3-10-31-28)17-26-22-7-6-21(12-20(22)16-34(18)26)32-24-9-11-30-14-27(24)35-2/h3-8,10,12,18,24,26-27,30,32H,9,11,14-17H2,1-2H3/t18-,24-,26-,27+/m1/s1. The molecule has 3 aliphatic heterocycles. The normalized spacial score (nSPS) is 26.3. The van der Waals surface area contributed by atoms with Crippen LogP contribution in [0.5, 0.6) is 0 Å². The van der Waals surface area contributed by atoms with E-state index in [0.29, 0.717) is 23.7 Å². The number of piperidine rings is 1. The molecular weight excluding hydrogens is 436 g/mol. The first-order chi connectivity index (χ1) is 17.2. The highest BCUT2D eigenvalue weighted by Gasteiger charge is 2.39. The number of nitriles is 1. The monoisotopic (exact) mass is 468 g/mol. The lowest BCUT2D eigenvalue weighted by Crippen LogP contribution is -2.51. The number of nitrogens with one attached hydrogen (secondary N) is 2. The molecule has 0 spiro atoms. The smallest absolute Gasteiger partial charge is 0.101 e. The second kappa shape index (κ2) is 9.12. The molecule has 2 N–H and O–H groups in total. The highest BCUT2D eigenvalue weighted by Crippen LogP contribution is 2.42. The number of hydrogen-bond donors (Lipinski definition) is 2. The van der Waals surface area contributed by atoms with Crippen LogP contribution >= 0.6 is 0 Å². The van der Waals surface area contributed by atoms with Crippen LogP contribution in [0.25, 0.3) is 10.9 Å². The fraction of sp³-hybridized carbons (Fsp3) is 0.429. The molecule has 7 nitrogen and oxygen atoms in total. The number of rotatable bonds is 4. The third kappa shape index (κ3) is 3.92.